The Morgan fingerprint density at radius 1 is 1.10 bits per heavy atom. The Morgan fingerprint density at radius 3 is 2.57 bits per heavy atom. The van der Waals surface area contributed by atoms with Crippen LogP contribution in [0.25, 0.3) is 11.0 Å². The molecule has 158 valence electrons. The highest BCUT2D eigenvalue weighted by Crippen LogP contribution is 2.33. The maximum absolute atomic E-state index is 12.7. The molecule has 30 heavy (non-hydrogen) atoms. The van der Waals surface area contributed by atoms with Gasteiger partial charge < -0.3 is 14.2 Å². The maximum atomic E-state index is 12.7. The van der Waals surface area contributed by atoms with E-state index in [1.54, 1.807) is 0 Å². The number of aryl methyl sites for hydroxylation is 2. The average Bonchev–Trinajstić information content (AvgIpc) is 3.25. The summed E-state index contributed by atoms with van der Waals surface area (Å²) >= 11 is 0. The highest BCUT2D eigenvalue weighted by atomic mass is 16.5. The molecule has 0 unspecified atom stereocenters. The molecule has 0 bridgehead atoms. The number of likely N-dealkylation sites (tertiary alicyclic amines) is 1. The fourth-order valence-corrected chi connectivity index (χ4v) is 4.23. The van der Waals surface area contributed by atoms with Gasteiger partial charge in [0.1, 0.15) is 18.2 Å². The minimum absolute atomic E-state index is 0.103. The number of carbonyl (C=O) groups excluding carboxylic acids is 1. The third kappa shape index (κ3) is 3.93. The Morgan fingerprint density at radius 2 is 1.87 bits per heavy atom. The van der Waals surface area contributed by atoms with E-state index in [1.165, 1.54) is 11.1 Å². The number of aromatic nitrogens is 2. The van der Waals surface area contributed by atoms with Crippen LogP contribution in [-0.2, 0) is 11.3 Å². The van der Waals surface area contributed by atoms with Crippen LogP contribution in [0.4, 0.5) is 0 Å². The molecule has 0 N–H and O–H groups in total. The van der Waals surface area contributed by atoms with Crippen LogP contribution in [0.5, 0.6) is 5.75 Å². The lowest BCUT2D eigenvalue weighted by Crippen LogP contribution is -2.42. The molecule has 1 atom stereocenters. The zero-order valence-electron chi connectivity index (χ0n) is 18.6. The number of imidazole rings is 1. The van der Waals surface area contributed by atoms with Crippen LogP contribution < -0.4 is 4.74 Å². The summed E-state index contributed by atoms with van der Waals surface area (Å²) in [5, 5.41) is 0. The van der Waals surface area contributed by atoms with Crippen molar-refractivity contribution in [3.05, 3.63) is 59.4 Å². The molecule has 2 aromatic carbocycles. The second-order valence-electron chi connectivity index (χ2n) is 9.28. The quantitative estimate of drug-likeness (QED) is 0.610. The predicted octanol–water partition coefficient (Wildman–Crippen LogP) is 4.85. The Labute approximate surface area is 178 Å². The van der Waals surface area contributed by atoms with Crippen molar-refractivity contribution in [3.8, 4) is 5.75 Å². The van der Waals surface area contributed by atoms with Crippen LogP contribution in [0.2, 0.25) is 0 Å². The van der Waals surface area contributed by atoms with Crippen molar-refractivity contribution in [1.29, 1.82) is 0 Å². The van der Waals surface area contributed by atoms with Crippen molar-refractivity contribution >= 4 is 16.9 Å². The minimum Gasteiger partial charge on any atom is -0.492 e. The number of carbonyl (C=O) groups is 1. The van der Waals surface area contributed by atoms with Crippen LogP contribution in [0, 0.1) is 13.8 Å². The maximum Gasteiger partial charge on any atom is 0.223 e. The fourth-order valence-electron chi connectivity index (χ4n) is 4.23. The molecular weight excluding hydrogens is 374 g/mol. The molecule has 0 saturated carbocycles. The summed E-state index contributed by atoms with van der Waals surface area (Å²) in [6.07, 6.45) is 0.513. The Kier molecular flexibility index (Phi) is 5.31. The van der Waals surface area contributed by atoms with Crippen molar-refractivity contribution in [3.63, 3.8) is 0 Å². The van der Waals surface area contributed by atoms with E-state index in [1.807, 2.05) is 29.2 Å². The van der Waals surface area contributed by atoms with E-state index in [0.717, 1.165) is 22.6 Å². The molecular formula is C25H31N3O2. The number of rotatable bonds is 5. The van der Waals surface area contributed by atoms with Crippen LogP contribution in [-0.4, -0.2) is 39.0 Å². The lowest BCUT2D eigenvalue weighted by molar-refractivity contribution is -0.131. The highest BCUT2D eigenvalue weighted by Gasteiger charge is 2.38. The number of fused-ring (bicyclic) bond motifs is 1. The second-order valence-corrected chi connectivity index (χ2v) is 9.28. The molecule has 1 aliphatic rings. The van der Waals surface area contributed by atoms with Gasteiger partial charge in [0.05, 0.1) is 17.6 Å². The van der Waals surface area contributed by atoms with Gasteiger partial charge in [0.25, 0.3) is 0 Å². The van der Waals surface area contributed by atoms with Crippen LogP contribution in [0.3, 0.4) is 0 Å². The Hall–Kier alpha value is -2.82. The summed E-state index contributed by atoms with van der Waals surface area (Å²) in [4.78, 5) is 19.6. The lowest BCUT2D eigenvalue weighted by atomic mass is 10.1. The summed E-state index contributed by atoms with van der Waals surface area (Å²) in [6, 6.07) is 14.4. The Bertz CT molecular complexity index is 1080. The molecule has 2 heterocycles. The van der Waals surface area contributed by atoms with Crippen molar-refractivity contribution < 1.29 is 9.53 Å². The number of para-hydroxylation sites is 2. The molecule has 1 saturated heterocycles. The van der Waals surface area contributed by atoms with Crippen LogP contribution in [0.1, 0.15) is 50.1 Å². The molecule has 1 amide bonds. The van der Waals surface area contributed by atoms with Gasteiger partial charge in [-0.15, -0.1) is 0 Å². The molecule has 0 radical (unpaired) electrons. The number of hydrogen-bond acceptors (Lipinski definition) is 3. The van der Waals surface area contributed by atoms with E-state index in [2.05, 4.69) is 57.4 Å². The van der Waals surface area contributed by atoms with E-state index < -0.39 is 0 Å². The van der Waals surface area contributed by atoms with Crippen LogP contribution in [0.15, 0.2) is 42.5 Å². The zero-order chi connectivity index (χ0) is 21.5. The monoisotopic (exact) mass is 405 g/mol. The van der Waals surface area contributed by atoms with Gasteiger partial charge in [-0.25, -0.2) is 4.98 Å². The molecule has 0 spiro atoms. The molecule has 3 aromatic rings. The van der Waals surface area contributed by atoms with Gasteiger partial charge in [0.2, 0.25) is 5.91 Å². The first-order valence-corrected chi connectivity index (χ1v) is 10.7. The standard InChI is InChI=1S/C25H31N3O2/c1-17-10-11-20(14-18(17)2)30-13-12-27-22-9-7-6-8-21(22)26-24(27)19-15-23(29)28(16-19)25(3,4)5/h6-11,14,19H,12-13,15-16H2,1-5H3/t19-/m0/s1. The number of nitrogens with zero attached hydrogens (tertiary/aromatic N) is 3. The summed E-state index contributed by atoms with van der Waals surface area (Å²) in [7, 11) is 0. The number of amides is 1. The van der Waals surface area contributed by atoms with Gasteiger partial charge in [-0.2, -0.15) is 0 Å². The van der Waals surface area contributed by atoms with Crippen molar-refractivity contribution in [1.82, 2.24) is 14.5 Å². The van der Waals surface area contributed by atoms with E-state index in [4.69, 9.17) is 9.72 Å². The summed E-state index contributed by atoms with van der Waals surface area (Å²) in [5.41, 5.74) is 4.39. The summed E-state index contributed by atoms with van der Waals surface area (Å²) in [6.45, 7) is 12.4. The summed E-state index contributed by atoms with van der Waals surface area (Å²) < 4.78 is 8.29. The average molecular weight is 406 g/mol. The third-order valence-corrected chi connectivity index (χ3v) is 6.05. The predicted molar refractivity (Wildman–Crippen MR) is 120 cm³/mol. The highest BCUT2D eigenvalue weighted by molar-refractivity contribution is 5.81. The van der Waals surface area contributed by atoms with Crippen molar-refractivity contribution in [2.45, 2.75) is 59.0 Å². The minimum atomic E-state index is -0.172. The number of benzene rings is 2. The van der Waals surface area contributed by atoms with Gasteiger partial charge in [0.15, 0.2) is 0 Å². The molecule has 1 fully saturated rings. The van der Waals surface area contributed by atoms with Crippen molar-refractivity contribution in [2.75, 3.05) is 13.2 Å². The smallest absolute Gasteiger partial charge is 0.223 e. The lowest BCUT2D eigenvalue weighted by Gasteiger charge is -2.32. The van der Waals surface area contributed by atoms with Crippen LogP contribution >= 0.6 is 0 Å². The summed E-state index contributed by atoms with van der Waals surface area (Å²) in [5.74, 6) is 2.18. The SMILES string of the molecule is Cc1ccc(OCCn2c([C@H]3CC(=O)N(C(C)(C)C)C3)nc3ccccc32)cc1C. The Balaban J connectivity index is 1.58. The first-order chi connectivity index (χ1) is 14.2. The number of hydrogen-bond donors (Lipinski definition) is 0. The molecule has 5 heteroatoms. The molecule has 5 nitrogen and oxygen atoms in total. The zero-order valence-corrected chi connectivity index (χ0v) is 18.6. The van der Waals surface area contributed by atoms with Gasteiger partial charge in [-0.3, -0.25) is 4.79 Å². The second kappa shape index (κ2) is 7.78. The van der Waals surface area contributed by atoms with E-state index >= 15 is 0 Å². The van der Waals surface area contributed by atoms with Gasteiger partial charge in [-0.1, -0.05) is 18.2 Å². The fraction of sp³-hybridized carbons (Fsp3) is 0.440. The van der Waals surface area contributed by atoms with Gasteiger partial charge in [0, 0.05) is 24.4 Å². The largest absolute Gasteiger partial charge is 0.492 e. The van der Waals surface area contributed by atoms with Gasteiger partial charge >= 0.3 is 0 Å². The first kappa shape index (κ1) is 20.5. The van der Waals surface area contributed by atoms with E-state index in [9.17, 15) is 4.79 Å². The third-order valence-electron chi connectivity index (χ3n) is 6.05. The number of ether oxygens (including phenoxy) is 1. The molecule has 1 aliphatic heterocycles. The van der Waals surface area contributed by atoms with Crippen molar-refractivity contribution in [2.24, 2.45) is 0 Å². The van der Waals surface area contributed by atoms with E-state index in [0.29, 0.717) is 26.1 Å². The van der Waals surface area contributed by atoms with E-state index in [-0.39, 0.29) is 17.4 Å². The van der Waals surface area contributed by atoms with Gasteiger partial charge in [-0.05, 0) is 70.0 Å². The molecule has 1 aromatic heterocycles. The first-order valence-electron chi connectivity index (χ1n) is 10.7. The normalized spacial score (nSPS) is 17.2. The topological polar surface area (TPSA) is 47.4 Å². The molecule has 4 rings (SSSR count). The molecule has 0 aliphatic carbocycles.